The molecule has 0 aliphatic carbocycles. The fourth-order valence-corrected chi connectivity index (χ4v) is 3.05. The van der Waals surface area contributed by atoms with Crippen LogP contribution in [0.25, 0.3) is 0 Å². The highest BCUT2D eigenvalue weighted by molar-refractivity contribution is 5.17. The molecule has 0 radical (unpaired) electrons. The Morgan fingerprint density at radius 2 is 1.64 bits per heavy atom. The Hall–Kier alpha value is -1.02. The van der Waals surface area contributed by atoms with Gasteiger partial charge in [-0.1, -0.05) is 30.3 Å². The fraction of sp³-hybridized carbons (Fsp3) is 0.625. The van der Waals surface area contributed by atoms with Crippen LogP contribution in [0.15, 0.2) is 30.3 Å². The molecule has 1 aromatic carbocycles. The van der Waals surface area contributed by atoms with Crippen molar-refractivity contribution < 1.29 is 28.4 Å². The predicted octanol–water partition coefficient (Wildman–Crippen LogP) is 1.50. The molecule has 2 heterocycles. The minimum absolute atomic E-state index is 0.265. The molecule has 1 unspecified atom stereocenters. The fourth-order valence-electron chi connectivity index (χ4n) is 3.05. The Bertz CT molecular complexity index is 467. The Morgan fingerprint density at radius 3 is 2.27 bits per heavy atom. The summed E-state index contributed by atoms with van der Waals surface area (Å²) in [7, 11) is 4.90. The van der Waals surface area contributed by atoms with E-state index in [0.717, 1.165) is 5.56 Å². The number of fused-ring (bicyclic) bond motifs is 1. The van der Waals surface area contributed by atoms with Crippen molar-refractivity contribution in [3.8, 4) is 0 Å². The van der Waals surface area contributed by atoms with Crippen LogP contribution in [0.3, 0.4) is 0 Å². The summed E-state index contributed by atoms with van der Waals surface area (Å²) in [6.45, 7) is 0.404. The van der Waals surface area contributed by atoms with E-state index >= 15 is 0 Å². The SMILES string of the molecule is COC[C@H]1O[C@@H]2OC(c3ccccc3)O[C@@H]2[C@@H](OC)[C@@H]1OC. The highest BCUT2D eigenvalue weighted by Gasteiger charge is 2.53. The van der Waals surface area contributed by atoms with Crippen molar-refractivity contribution in [1.29, 1.82) is 0 Å². The van der Waals surface area contributed by atoms with Crippen LogP contribution in [-0.2, 0) is 28.4 Å². The van der Waals surface area contributed by atoms with Crippen LogP contribution in [-0.4, -0.2) is 58.6 Å². The lowest BCUT2D eigenvalue weighted by Crippen LogP contribution is -2.58. The van der Waals surface area contributed by atoms with E-state index in [4.69, 9.17) is 28.4 Å². The Morgan fingerprint density at radius 1 is 0.909 bits per heavy atom. The molecule has 0 N–H and O–H groups in total. The van der Waals surface area contributed by atoms with Gasteiger partial charge in [-0.25, -0.2) is 0 Å². The number of hydrogen-bond donors (Lipinski definition) is 0. The second-order valence-corrected chi connectivity index (χ2v) is 5.38. The van der Waals surface area contributed by atoms with Gasteiger partial charge in [-0.2, -0.15) is 0 Å². The summed E-state index contributed by atoms with van der Waals surface area (Å²) in [4.78, 5) is 0. The highest BCUT2D eigenvalue weighted by Crippen LogP contribution is 2.39. The molecule has 2 aliphatic heterocycles. The molecule has 0 aromatic heterocycles. The van der Waals surface area contributed by atoms with Gasteiger partial charge < -0.3 is 28.4 Å². The minimum atomic E-state index is -0.498. The van der Waals surface area contributed by atoms with Crippen molar-refractivity contribution >= 4 is 0 Å². The zero-order chi connectivity index (χ0) is 15.5. The van der Waals surface area contributed by atoms with Crippen molar-refractivity contribution in [3.05, 3.63) is 35.9 Å². The van der Waals surface area contributed by atoms with E-state index in [9.17, 15) is 0 Å². The van der Waals surface area contributed by atoms with Crippen LogP contribution >= 0.6 is 0 Å². The number of rotatable bonds is 5. The number of methoxy groups -OCH3 is 3. The largest absolute Gasteiger partial charge is 0.382 e. The maximum absolute atomic E-state index is 6.02. The maximum Gasteiger partial charge on any atom is 0.190 e. The first kappa shape index (κ1) is 15.9. The first-order chi connectivity index (χ1) is 10.8. The Balaban J connectivity index is 1.79. The first-order valence-corrected chi connectivity index (χ1v) is 7.34. The van der Waals surface area contributed by atoms with E-state index in [-0.39, 0.29) is 24.4 Å². The summed E-state index contributed by atoms with van der Waals surface area (Å²) in [5.41, 5.74) is 0.951. The third-order valence-corrected chi connectivity index (χ3v) is 4.08. The zero-order valence-corrected chi connectivity index (χ0v) is 13.0. The van der Waals surface area contributed by atoms with Crippen molar-refractivity contribution in [2.75, 3.05) is 27.9 Å². The summed E-state index contributed by atoms with van der Waals surface area (Å²) < 4.78 is 34.3. The quantitative estimate of drug-likeness (QED) is 0.821. The van der Waals surface area contributed by atoms with Crippen LogP contribution in [0.4, 0.5) is 0 Å². The van der Waals surface area contributed by atoms with E-state index in [2.05, 4.69) is 0 Å². The van der Waals surface area contributed by atoms with Gasteiger partial charge in [-0.15, -0.1) is 0 Å². The van der Waals surface area contributed by atoms with Gasteiger partial charge in [-0.05, 0) is 0 Å². The Kier molecular flexibility index (Phi) is 5.07. The van der Waals surface area contributed by atoms with Crippen molar-refractivity contribution in [2.45, 2.75) is 37.0 Å². The second kappa shape index (κ2) is 7.04. The molecule has 6 heteroatoms. The van der Waals surface area contributed by atoms with Crippen LogP contribution in [0.2, 0.25) is 0 Å². The summed E-state index contributed by atoms with van der Waals surface area (Å²) in [5, 5.41) is 0. The summed E-state index contributed by atoms with van der Waals surface area (Å²) in [6.07, 6.45) is -2.12. The lowest BCUT2D eigenvalue weighted by atomic mass is 9.99. The van der Waals surface area contributed by atoms with Gasteiger partial charge in [0.15, 0.2) is 12.6 Å². The number of ether oxygens (including phenoxy) is 6. The first-order valence-electron chi connectivity index (χ1n) is 7.34. The van der Waals surface area contributed by atoms with Crippen LogP contribution in [0.5, 0.6) is 0 Å². The van der Waals surface area contributed by atoms with Crippen LogP contribution in [0.1, 0.15) is 11.9 Å². The molecular formula is C16H22O6. The lowest BCUT2D eigenvalue weighted by molar-refractivity contribution is -0.264. The lowest BCUT2D eigenvalue weighted by Gasteiger charge is -2.41. The molecule has 122 valence electrons. The molecular weight excluding hydrogens is 288 g/mol. The van der Waals surface area contributed by atoms with E-state index < -0.39 is 12.6 Å². The third kappa shape index (κ3) is 2.90. The molecule has 2 saturated heterocycles. The van der Waals surface area contributed by atoms with Gasteiger partial charge in [-0.3, -0.25) is 0 Å². The standard InChI is InChI=1S/C16H22O6/c1-17-9-11-12(18-2)13(19-3)14-16(20-11)22-15(21-14)10-7-5-4-6-8-10/h4-8,11-16H,9H2,1-3H3/t11-,12-,13+,14-,15?,16-/m1/s1. The van der Waals surface area contributed by atoms with Gasteiger partial charge >= 0.3 is 0 Å². The third-order valence-electron chi connectivity index (χ3n) is 4.08. The van der Waals surface area contributed by atoms with Crippen molar-refractivity contribution in [3.63, 3.8) is 0 Å². The minimum Gasteiger partial charge on any atom is -0.382 e. The molecule has 2 aliphatic rings. The molecule has 0 bridgehead atoms. The van der Waals surface area contributed by atoms with Crippen LogP contribution < -0.4 is 0 Å². The molecule has 6 nitrogen and oxygen atoms in total. The van der Waals surface area contributed by atoms with E-state index in [1.54, 1.807) is 21.3 Å². The maximum atomic E-state index is 6.02. The van der Waals surface area contributed by atoms with E-state index in [0.29, 0.717) is 6.61 Å². The molecule has 22 heavy (non-hydrogen) atoms. The average Bonchev–Trinajstić information content (AvgIpc) is 2.98. The molecule has 0 saturated carbocycles. The summed E-state index contributed by atoms with van der Waals surface area (Å²) in [5.74, 6) is 0. The highest BCUT2D eigenvalue weighted by atomic mass is 16.8. The number of hydrogen-bond acceptors (Lipinski definition) is 6. The smallest absolute Gasteiger partial charge is 0.190 e. The molecule has 6 atom stereocenters. The van der Waals surface area contributed by atoms with Gasteiger partial charge in [0, 0.05) is 26.9 Å². The van der Waals surface area contributed by atoms with Gasteiger partial charge in [0.1, 0.15) is 24.4 Å². The number of benzene rings is 1. The summed E-state index contributed by atoms with van der Waals surface area (Å²) in [6, 6.07) is 9.78. The van der Waals surface area contributed by atoms with Gasteiger partial charge in [0.05, 0.1) is 6.61 Å². The summed E-state index contributed by atoms with van der Waals surface area (Å²) >= 11 is 0. The van der Waals surface area contributed by atoms with Crippen molar-refractivity contribution in [2.24, 2.45) is 0 Å². The molecule has 0 spiro atoms. The molecule has 3 rings (SSSR count). The van der Waals surface area contributed by atoms with Gasteiger partial charge in [0.2, 0.25) is 0 Å². The van der Waals surface area contributed by atoms with E-state index in [1.165, 1.54) is 0 Å². The Labute approximate surface area is 130 Å². The average molecular weight is 310 g/mol. The predicted molar refractivity (Wildman–Crippen MR) is 77.3 cm³/mol. The molecule has 1 aromatic rings. The monoisotopic (exact) mass is 310 g/mol. The van der Waals surface area contributed by atoms with E-state index in [1.807, 2.05) is 30.3 Å². The molecule has 2 fully saturated rings. The van der Waals surface area contributed by atoms with Crippen LogP contribution in [0, 0.1) is 0 Å². The van der Waals surface area contributed by atoms with Gasteiger partial charge in [0.25, 0.3) is 0 Å². The normalized spacial score (nSPS) is 38.0. The zero-order valence-electron chi connectivity index (χ0n) is 13.0. The van der Waals surface area contributed by atoms with Crippen molar-refractivity contribution in [1.82, 2.24) is 0 Å². The molecule has 0 amide bonds. The second-order valence-electron chi connectivity index (χ2n) is 5.38. The topological polar surface area (TPSA) is 55.4 Å².